The molecule has 1 fully saturated rings. The first-order valence-electron chi connectivity index (χ1n) is 6.47. The minimum atomic E-state index is 0.717. The first-order chi connectivity index (χ1) is 8.88. The third-order valence-corrected chi connectivity index (χ3v) is 3.70. The summed E-state index contributed by atoms with van der Waals surface area (Å²) >= 11 is 0. The van der Waals surface area contributed by atoms with E-state index < -0.39 is 0 Å². The van der Waals surface area contributed by atoms with Gasteiger partial charge < -0.3 is 5.32 Å². The quantitative estimate of drug-likeness (QED) is 0.891. The van der Waals surface area contributed by atoms with Crippen LogP contribution in [0.3, 0.4) is 0 Å². The van der Waals surface area contributed by atoms with Crippen LogP contribution in [0.4, 0.5) is 5.82 Å². The lowest BCUT2D eigenvalue weighted by molar-refractivity contribution is 0.420. The van der Waals surface area contributed by atoms with E-state index in [-0.39, 0.29) is 0 Å². The molecule has 0 bridgehead atoms. The van der Waals surface area contributed by atoms with Crippen LogP contribution < -0.4 is 5.32 Å². The van der Waals surface area contributed by atoms with Crippen molar-refractivity contribution in [1.29, 1.82) is 0 Å². The number of aromatic nitrogens is 2. The van der Waals surface area contributed by atoms with Gasteiger partial charge in [-0.2, -0.15) is 0 Å². The topological polar surface area (TPSA) is 37.8 Å². The zero-order valence-corrected chi connectivity index (χ0v) is 10.6. The Balaban J connectivity index is 2.04. The number of nitrogens with one attached hydrogen (secondary N) is 1. The van der Waals surface area contributed by atoms with E-state index in [1.54, 1.807) is 6.33 Å². The summed E-state index contributed by atoms with van der Waals surface area (Å²) in [5.41, 5.74) is 3.70. The smallest absolute Gasteiger partial charge is 0.129 e. The minimum absolute atomic E-state index is 0.717. The molecule has 0 radical (unpaired) electrons. The molecule has 3 heteroatoms. The van der Waals surface area contributed by atoms with Crippen molar-refractivity contribution in [3.63, 3.8) is 0 Å². The van der Waals surface area contributed by atoms with Crippen LogP contribution in [0.2, 0.25) is 0 Å². The summed E-state index contributed by atoms with van der Waals surface area (Å²) in [5, 5.41) is 3.06. The van der Waals surface area contributed by atoms with Crippen molar-refractivity contribution in [3.8, 4) is 11.3 Å². The molecule has 0 amide bonds. The fourth-order valence-corrected chi connectivity index (χ4v) is 2.45. The van der Waals surface area contributed by atoms with E-state index in [0.717, 1.165) is 11.5 Å². The summed E-state index contributed by atoms with van der Waals surface area (Å²) in [6, 6.07) is 10.6. The molecule has 1 aliphatic rings. The molecular formula is C15H17N3. The predicted octanol–water partition coefficient (Wildman–Crippen LogP) is 3.45. The number of anilines is 1. The average Bonchev–Trinajstić information content (AvgIpc) is 2.37. The highest BCUT2D eigenvalue weighted by atomic mass is 15.0. The molecule has 1 aliphatic carbocycles. The fourth-order valence-electron chi connectivity index (χ4n) is 2.45. The Morgan fingerprint density at radius 2 is 2.00 bits per heavy atom. The molecule has 0 spiro atoms. The molecule has 92 valence electrons. The van der Waals surface area contributed by atoms with Gasteiger partial charge in [-0.25, -0.2) is 9.97 Å². The SMILES string of the molecule is CNc1cc(-c2ccccc2C2CCC2)ncn1. The van der Waals surface area contributed by atoms with E-state index >= 15 is 0 Å². The van der Waals surface area contributed by atoms with Gasteiger partial charge in [0.2, 0.25) is 0 Å². The normalized spacial score (nSPS) is 15.2. The van der Waals surface area contributed by atoms with Crippen molar-refractivity contribution >= 4 is 5.82 Å². The molecular weight excluding hydrogens is 222 g/mol. The largest absolute Gasteiger partial charge is 0.373 e. The van der Waals surface area contributed by atoms with Gasteiger partial charge in [0.1, 0.15) is 12.1 Å². The molecule has 0 aliphatic heterocycles. The standard InChI is InChI=1S/C15H17N3/c1-16-15-9-14(17-10-18-15)13-8-3-2-7-12(13)11-5-4-6-11/h2-3,7-11H,4-6H2,1H3,(H,16,17,18). The summed E-state index contributed by atoms with van der Waals surface area (Å²) in [5.74, 6) is 1.58. The van der Waals surface area contributed by atoms with E-state index in [9.17, 15) is 0 Å². The van der Waals surface area contributed by atoms with E-state index in [0.29, 0.717) is 5.92 Å². The van der Waals surface area contributed by atoms with Gasteiger partial charge >= 0.3 is 0 Å². The Kier molecular flexibility index (Phi) is 2.97. The van der Waals surface area contributed by atoms with Crippen LogP contribution in [0, 0.1) is 0 Å². The Labute approximate surface area is 107 Å². The van der Waals surface area contributed by atoms with Gasteiger partial charge in [0, 0.05) is 18.7 Å². The molecule has 1 aromatic heterocycles. The zero-order chi connectivity index (χ0) is 12.4. The molecule has 3 rings (SSSR count). The number of hydrogen-bond donors (Lipinski definition) is 1. The van der Waals surface area contributed by atoms with Crippen LogP contribution in [0.25, 0.3) is 11.3 Å². The number of nitrogens with zero attached hydrogens (tertiary/aromatic N) is 2. The highest BCUT2D eigenvalue weighted by Gasteiger charge is 2.22. The monoisotopic (exact) mass is 239 g/mol. The lowest BCUT2D eigenvalue weighted by Crippen LogP contribution is -2.10. The van der Waals surface area contributed by atoms with Gasteiger partial charge in [-0.3, -0.25) is 0 Å². The third kappa shape index (κ3) is 1.96. The molecule has 0 saturated heterocycles. The molecule has 1 saturated carbocycles. The highest BCUT2D eigenvalue weighted by Crippen LogP contribution is 2.40. The Hall–Kier alpha value is -1.90. The molecule has 1 heterocycles. The van der Waals surface area contributed by atoms with Crippen LogP contribution in [0.15, 0.2) is 36.7 Å². The van der Waals surface area contributed by atoms with E-state index in [2.05, 4.69) is 39.6 Å². The Bertz CT molecular complexity index is 547. The highest BCUT2D eigenvalue weighted by molar-refractivity contribution is 5.66. The minimum Gasteiger partial charge on any atom is -0.373 e. The van der Waals surface area contributed by atoms with Gasteiger partial charge in [-0.1, -0.05) is 30.7 Å². The first-order valence-corrected chi connectivity index (χ1v) is 6.47. The van der Waals surface area contributed by atoms with Gasteiger partial charge in [0.05, 0.1) is 5.69 Å². The van der Waals surface area contributed by atoms with Crippen molar-refractivity contribution in [2.75, 3.05) is 12.4 Å². The van der Waals surface area contributed by atoms with Gasteiger partial charge in [0.25, 0.3) is 0 Å². The van der Waals surface area contributed by atoms with Crippen molar-refractivity contribution in [2.24, 2.45) is 0 Å². The maximum atomic E-state index is 4.41. The summed E-state index contributed by atoms with van der Waals surface area (Å²) in [6.45, 7) is 0. The van der Waals surface area contributed by atoms with Gasteiger partial charge in [0.15, 0.2) is 0 Å². The summed E-state index contributed by atoms with van der Waals surface area (Å²) in [6.07, 6.45) is 5.59. The molecule has 1 aromatic carbocycles. The Morgan fingerprint density at radius 1 is 1.17 bits per heavy atom. The van der Waals surface area contributed by atoms with E-state index in [1.807, 2.05) is 13.1 Å². The second-order valence-corrected chi connectivity index (χ2v) is 4.75. The zero-order valence-electron chi connectivity index (χ0n) is 10.6. The fraction of sp³-hybridized carbons (Fsp3) is 0.333. The number of hydrogen-bond acceptors (Lipinski definition) is 3. The number of rotatable bonds is 3. The second-order valence-electron chi connectivity index (χ2n) is 4.75. The first kappa shape index (κ1) is 11.2. The van der Waals surface area contributed by atoms with Crippen molar-refractivity contribution in [3.05, 3.63) is 42.2 Å². The van der Waals surface area contributed by atoms with E-state index in [4.69, 9.17) is 0 Å². The predicted molar refractivity (Wildman–Crippen MR) is 73.6 cm³/mol. The molecule has 3 nitrogen and oxygen atoms in total. The van der Waals surface area contributed by atoms with Gasteiger partial charge in [-0.05, 0) is 24.3 Å². The van der Waals surface area contributed by atoms with Crippen molar-refractivity contribution < 1.29 is 0 Å². The Morgan fingerprint density at radius 3 is 2.72 bits per heavy atom. The number of benzene rings is 1. The lowest BCUT2D eigenvalue weighted by Gasteiger charge is -2.27. The maximum Gasteiger partial charge on any atom is 0.129 e. The van der Waals surface area contributed by atoms with Gasteiger partial charge in [-0.15, -0.1) is 0 Å². The van der Waals surface area contributed by atoms with Crippen LogP contribution >= 0.6 is 0 Å². The van der Waals surface area contributed by atoms with Crippen LogP contribution in [0.1, 0.15) is 30.7 Å². The summed E-state index contributed by atoms with van der Waals surface area (Å²) in [4.78, 5) is 8.58. The second kappa shape index (κ2) is 4.77. The molecule has 0 atom stereocenters. The molecule has 0 unspecified atom stereocenters. The third-order valence-electron chi connectivity index (χ3n) is 3.70. The van der Waals surface area contributed by atoms with Crippen LogP contribution in [-0.4, -0.2) is 17.0 Å². The summed E-state index contributed by atoms with van der Waals surface area (Å²) in [7, 11) is 1.88. The summed E-state index contributed by atoms with van der Waals surface area (Å²) < 4.78 is 0. The van der Waals surface area contributed by atoms with Crippen molar-refractivity contribution in [2.45, 2.75) is 25.2 Å². The average molecular weight is 239 g/mol. The van der Waals surface area contributed by atoms with Crippen LogP contribution in [-0.2, 0) is 0 Å². The molecule has 18 heavy (non-hydrogen) atoms. The van der Waals surface area contributed by atoms with Crippen molar-refractivity contribution in [1.82, 2.24) is 9.97 Å². The maximum absolute atomic E-state index is 4.41. The molecule has 2 aromatic rings. The van der Waals surface area contributed by atoms with Crippen LogP contribution in [0.5, 0.6) is 0 Å². The molecule has 1 N–H and O–H groups in total. The lowest BCUT2D eigenvalue weighted by atomic mass is 9.78. The van der Waals surface area contributed by atoms with E-state index in [1.165, 1.54) is 30.4 Å².